The van der Waals surface area contributed by atoms with Crippen molar-refractivity contribution < 1.29 is 38.7 Å². The van der Waals surface area contributed by atoms with E-state index in [2.05, 4.69) is 36.3 Å². The summed E-state index contributed by atoms with van der Waals surface area (Å²) in [5, 5.41) is 28.3. The van der Waals surface area contributed by atoms with Crippen LogP contribution in [0.3, 0.4) is 0 Å². The lowest BCUT2D eigenvalue weighted by Gasteiger charge is -2.39. The maximum Gasteiger partial charge on any atom is 0.312 e. The van der Waals surface area contributed by atoms with Gasteiger partial charge in [0.1, 0.15) is 12.3 Å². The van der Waals surface area contributed by atoms with E-state index in [0.29, 0.717) is 99.2 Å². The number of nitrogens with two attached hydrogens (primary N) is 1. The third-order valence-corrected chi connectivity index (χ3v) is 19.2. The second-order valence-electron chi connectivity index (χ2n) is 25.4. The lowest BCUT2D eigenvalue weighted by molar-refractivity contribution is -0.143. The van der Waals surface area contributed by atoms with Gasteiger partial charge in [0.25, 0.3) is 11.8 Å². The average molecular weight is 1220 g/mol. The van der Waals surface area contributed by atoms with Crippen LogP contribution in [0.5, 0.6) is 0 Å². The van der Waals surface area contributed by atoms with E-state index in [1.165, 1.54) is 81.9 Å². The largest absolute Gasteiger partial charge is 0.481 e. The molecule has 89 heavy (non-hydrogen) atoms. The number of nitriles is 1. The van der Waals surface area contributed by atoms with Crippen molar-refractivity contribution in [2.45, 2.75) is 196 Å². The summed E-state index contributed by atoms with van der Waals surface area (Å²) >= 11 is 0. The van der Waals surface area contributed by atoms with Gasteiger partial charge in [-0.25, -0.2) is 0 Å². The Bertz CT molecular complexity index is 3030. The Kier molecular flexibility index (Phi) is 22.8. The number of nitrogens with one attached hydrogen (secondary N) is 2. The molecule has 3 aliphatic carbocycles. The fourth-order valence-corrected chi connectivity index (χ4v) is 13.6. The first-order valence-electron chi connectivity index (χ1n) is 32.2. The average Bonchev–Trinajstić information content (AvgIpc) is 2.30. The first-order chi connectivity index (χ1) is 42.8. The quantitative estimate of drug-likeness (QED) is 0.115. The summed E-state index contributed by atoms with van der Waals surface area (Å²) in [4.78, 5) is 115. The molecule has 2 saturated heterocycles. The van der Waals surface area contributed by atoms with E-state index in [-0.39, 0.29) is 52.0 Å². The van der Waals surface area contributed by atoms with Crippen molar-refractivity contribution in [1.82, 2.24) is 34.7 Å². The minimum atomic E-state index is -1.16. The number of carbonyl (C=O) groups is 7. The van der Waals surface area contributed by atoms with Gasteiger partial charge in [0.2, 0.25) is 23.6 Å². The van der Waals surface area contributed by atoms with E-state index in [0.717, 1.165) is 58.2 Å². The second kappa shape index (κ2) is 30.4. The van der Waals surface area contributed by atoms with E-state index in [9.17, 15) is 33.6 Å². The van der Waals surface area contributed by atoms with Crippen molar-refractivity contribution in [2.24, 2.45) is 30.7 Å². The highest BCUT2D eigenvalue weighted by Crippen LogP contribution is 2.38. The number of benzene rings is 2. The molecule has 0 aromatic heterocycles. The number of hydrogen-bond donors (Lipinski definition) is 4. The zero-order chi connectivity index (χ0) is 63.7. The molecule has 10 aliphatic rings. The second-order valence-corrected chi connectivity index (χ2v) is 25.4. The molecule has 0 radical (unpaired) electrons. The van der Waals surface area contributed by atoms with Crippen molar-refractivity contribution in [3.63, 3.8) is 0 Å². The van der Waals surface area contributed by atoms with Gasteiger partial charge in [-0.1, -0.05) is 90.7 Å². The number of hydrogen-bond acceptors (Lipinski definition) is 15. The summed E-state index contributed by atoms with van der Waals surface area (Å²) in [6.45, 7) is 11.6. The summed E-state index contributed by atoms with van der Waals surface area (Å²) in [6, 6.07) is 15.4. The predicted octanol–water partition coefficient (Wildman–Crippen LogP) is 7.36. The number of amidine groups is 1. The van der Waals surface area contributed by atoms with Crippen molar-refractivity contribution in [3.05, 3.63) is 70.8 Å². The molecule has 0 bridgehead atoms. The standard InChI is InChI=1S/C18H21N5O4.C18H20N4O2.2C11H18N2O.C8H14N2/c19-16(20)12-1-3-13(4-2-12)17(27)22-7-5-18(6-8-22)10-23(11-21-18)14(24)9-15(25)26;1-2-16(23)22-12-18(20-13-22)7-9-21(10-8-18)17(24)15-5-3-14(11-19)4-6-15;1-2-10(14)13-8-11(12-9-13)6-4-3-5-7-11;1-2-10(14)13-9-12-8-11(13)6-4-3-5-7-11;1-2-4-8(5-3-1)6-9-7-10-8/h1-4,11H,5-10H2,(H3,19,20)(H,25,26);3-6,13H,2,7-10,12H2,1H3;2*9H,2-8H2,1H3;7H,1-6H2,(H,9,10). The number of carbonyl (C=O) groups excluding carboxylic acids is 6. The van der Waals surface area contributed by atoms with Gasteiger partial charge in [0.05, 0.1) is 104 Å². The Morgan fingerprint density at radius 1 is 0.539 bits per heavy atom. The molecule has 23 nitrogen and oxygen atoms in total. The minimum Gasteiger partial charge on any atom is -0.481 e. The Balaban J connectivity index is 0.000000150. The van der Waals surface area contributed by atoms with Crippen LogP contribution >= 0.6 is 0 Å². The third kappa shape index (κ3) is 17.0. The number of carboxylic acid groups (broad SMARTS) is 1. The molecule has 0 atom stereocenters. The number of amides is 6. The van der Waals surface area contributed by atoms with Gasteiger partial charge in [-0.05, 0) is 101 Å². The Morgan fingerprint density at radius 2 is 0.955 bits per heavy atom. The summed E-state index contributed by atoms with van der Waals surface area (Å²) in [5.41, 5.74) is 7.57. The number of aliphatic imine (C=N–C) groups is 5. The maximum absolute atomic E-state index is 12.7. The molecular weight excluding hydrogens is 1130 g/mol. The lowest BCUT2D eigenvalue weighted by atomic mass is 9.81. The molecule has 23 heteroatoms. The molecule has 7 heterocycles. The van der Waals surface area contributed by atoms with E-state index in [4.69, 9.17) is 21.5 Å². The van der Waals surface area contributed by atoms with E-state index in [1.54, 1.807) is 82.2 Å². The number of rotatable bonds is 8. The van der Waals surface area contributed by atoms with Gasteiger partial charge in [0.15, 0.2) is 0 Å². The molecule has 2 aromatic carbocycles. The molecule has 12 rings (SSSR count). The molecule has 3 saturated carbocycles. The summed E-state index contributed by atoms with van der Waals surface area (Å²) in [5.74, 6) is -1.28. The van der Waals surface area contributed by atoms with Gasteiger partial charge in [-0.3, -0.25) is 68.8 Å². The van der Waals surface area contributed by atoms with E-state index in [1.807, 2.05) is 36.9 Å². The molecule has 6 amide bonds. The molecule has 0 unspecified atom stereocenters. The molecule has 478 valence electrons. The Hall–Kier alpha value is -8.16. The molecular formula is C66H91N15O8. The van der Waals surface area contributed by atoms with Crippen LogP contribution in [0.25, 0.3) is 0 Å². The van der Waals surface area contributed by atoms with Crippen molar-refractivity contribution in [3.8, 4) is 6.07 Å². The number of likely N-dealkylation sites (tertiary alicyclic amines) is 2. The van der Waals surface area contributed by atoms with Crippen molar-refractivity contribution in [1.29, 1.82) is 10.7 Å². The molecule has 2 aromatic rings. The summed E-state index contributed by atoms with van der Waals surface area (Å²) in [6.07, 6.45) is 31.4. The monoisotopic (exact) mass is 1220 g/mol. The van der Waals surface area contributed by atoms with Crippen molar-refractivity contribution >= 4 is 78.9 Å². The summed E-state index contributed by atoms with van der Waals surface area (Å²) < 4.78 is 0. The molecule has 5 N–H and O–H groups in total. The first-order valence-corrected chi connectivity index (χ1v) is 32.2. The van der Waals surface area contributed by atoms with Gasteiger partial charge < -0.3 is 40.7 Å². The highest BCUT2D eigenvalue weighted by Gasteiger charge is 2.45. The highest BCUT2D eigenvalue weighted by molar-refractivity contribution is 6.00. The summed E-state index contributed by atoms with van der Waals surface area (Å²) in [7, 11) is 0. The number of nitrogen functional groups attached to an aromatic ring is 1. The molecule has 5 spiro atoms. The zero-order valence-corrected chi connectivity index (χ0v) is 52.4. The van der Waals surface area contributed by atoms with Crippen LogP contribution < -0.4 is 11.1 Å². The predicted molar refractivity (Wildman–Crippen MR) is 342 cm³/mol. The van der Waals surface area contributed by atoms with Crippen LogP contribution in [0.2, 0.25) is 0 Å². The van der Waals surface area contributed by atoms with Crippen LogP contribution in [-0.4, -0.2) is 200 Å². The highest BCUT2D eigenvalue weighted by atomic mass is 16.4. The number of aliphatic carboxylic acids is 1. The van der Waals surface area contributed by atoms with E-state index >= 15 is 0 Å². The van der Waals surface area contributed by atoms with E-state index < -0.39 is 23.8 Å². The number of carboxylic acids is 1. The zero-order valence-electron chi connectivity index (χ0n) is 52.4. The van der Waals surface area contributed by atoms with Gasteiger partial charge in [-0.15, -0.1) is 0 Å². The molecule has 5 fully saturated rings. The SMILES string of the molecule is C1=NCC2(CCCCC2)N1.CCC(=O)N1C=NC2(CCCCC2)C1.CCC(=O)N1C=NC2(CCN(C(=O)c3ccc(C#N)cc3)CC2)C1.CCC(=O)N1C=NCC12CCCCC2.N=C(N)c1ccc(C(=O)N2CCC3(CC2)CN(C(=O)CC(=O)O)C=N3)cc1. The maximum atomic E-state index is 12.7. The van der Waals surface area contributed by atoms with Gasteiger partial charge in [-0.2, -0.15) is 5.26 Å². The third-order valence-electron chi connectivity index (χ3n) is 19.2. The van der Waals surface area contributed by atoms with Crippen LogP contribution in [0.15, 0.2) is 73.5 Å². The first kappa shape index (κ1) is 66.8. The van der Waals surface area contributed by atoms with Gasteiger partial charge in [0, 0.05) is 62.1 Å². The number of nitrogens with zero attached hydrogens (tertiary/aromatic N) is 12. The van der Waals surface area contributed by atoms with Crippen LogP contribution in [0, 0.1) is 16.7 Å². The Morgan fingerprint density at radius 3 is 1.37 bits per heavy atom. The molecule has 7 aliphatic heterocycles. The van der Waals surface area contributed by atoms with Crippen LogP contribution in [0.4, 0.5) is 0 Å². The van der Waals surface area contributed by atoms with Crippen molar-refractivity contribution in [2.75, 3.05) is 58.9 Å². The van der Waals surface area contributed by atoms with Crippen LogP contribution in [0.1, 0.15) is 200 Å². The lowest BCUT2D eigenvalue weighted by Crippen LogP contribution is -2.50. The van der Waals surface area contributed by atoms with Gasteiger partial charge >= 0.3 is 5.97 Å². The smallest absolute Gasteiger partial charge is 0.312 e. The topological polar surface area (TPSA) is 307 Å². The fraction of sp³-hybridized carbons (Fsp3) is 0.606. The number of piperidine rings is 2. The Labute approximate surface area is 523 Å². The minimum absolute atomic E-state index is 0.0159. The normalized spacial score (nSPS) is 21.4. The van der Waals surface area contributed by atoms with Crippen LogP contribution in [-0.2, 0) is 24.0 Å². The fourth-order valence-electron chi connectivity index (χ4n) is 13.6.